The zero-order valence-electron chi connectivity index (χ0n) is 12.5. The number of nitro benzene ring substituents is 1. The Morgan fingerprint density at radius 2 is 2.00 bits per heavy atom. The number of piperidine rings is 1. The van der Waals surface area contributed by atoms with E-state index in [-0.39, 0.29) is 22.5 Å². The van der Waals surface area contributed by atoms with Crippen LogP contribution in [0.25, 0.3) is 0 Å². The molecule has 0 aliphatic carbocycles. The van der Waals surface area contributed by atoms with Crippen LogP contribution in [0.1, 0.15) is 12.8 Å². The van der Waals surface area contributed by atoms with Crippen LogP contribution >= 0.6 is 0 Å². The molecule has 0 spiro atoms. The normalized spacial score (nSPS) is 16.2. The smallest absolute Gasteiger partial charge is 0.308 e. The highest BCUT2D eigenvalue weighted by atomic mass is 32.2. The fourth-order valence-electron chi connectivity index (χ4n) is 2.62. The zero-order valence-corrected chi connectivity index (χ0v) is 13.3. The number of methoxy groups -OCH3 is 1. The number of ether oxygens (including phenoxy) is 1. The van der Waals surface area contributed by atoms with Crippen LogP contribution in [0, 0.1) is 16.0 Å². The number of nitro groups is 1. The Morgan fingerprint density at radius 1 is 1.39 bits per heavy atom. The van der Waals surface area contributed by atoms with E-state index < -0.39 is 14.9 Å². The molecule has 2 rings (SSSR count). The first-order valence-electron chi connectivity index (χ1n) is 6.88. The van der Waals surface area contributed by atoms with Crippen molar-refractivity contribution in [1.29, 1.82) is 0 Å². The lowest BCUT2D eigenvalue weighted by atomic mass is 9.96. The Balaban J connectivity index is 2.27. The standard InChI is InChI=1S/C13H17N3O6S/c1-22-13(17)9-4-6-15(7-5-9)11-3-2-10(23(14,20)21)8-12(11)16(18)19/h2-3,8-9H,4-7H2,1H3,(H2,14,20,21). The number of nitrogens with two attached hydrogens (primary N) is 1. The van der Waals surface area contributed by atoms with Gasteiger partial charge in [0.1, 0.15) is 5.69 Å². The average Bonchev–Trinajstić information content (AvgIpc) is 2.52. The van der Waals surface area contributed by atoms with Gasteiger partial charge in [0.25, 0.3) is 5.69 Å². The third-order valence-electron chi connectivity index (χ3n) is 3.84. The summed E-state index contributed by atoms with van der Waals surface area (Å²) in [4.78, 5) is 23.5. The van der Waals surface area contributed by atoms with E-state index in [9.17, 15) is 23.3 Å². The summed E-state index contributed by atoms with van der Waals surface area (Å²) >= 11 is 0. The maximum absolute atomic E-state index is 11.5. The van der Waals surface area contributed by atoms with E-state index in [2.05, 4.69) is 0 Å². The summed E-state index contributed by atoms with van der Waals surface area (Å²) in [5, 5.41) is 16.2. The van der Waals surface area contributed by atoms with Crippen molar-refractivity contribution in [3.05, 3.63) is 28.3 Å². The van der Waals surface area contributed by atoms with Crippen LogP contribution in [0.4, 0.5) is 11.4 Å². The van der Waals surface area contributed by atoms with Gasteiger partial charge in [-0.15, -0.1) is 0 Å². The molecule has 126 valence electrons. The lowest BCUT2D eigenvalue weighted by Gasteiger charge is -2.32. The maximum atomic E-state index is 11.5. The molecule has 1 aromatic carbocycles. The second kappa shape index (κ2) is 6.50. The third kappa shape index (κ3) is 3.77. The number of nitrogens with zero attached hydrogens (tertiary/aromatic N) is 2. The molecule has 1 aliphatic heterocycles. The topological polar surface area (TPSA) is 133 Å². The van der Waals surface area contributed by atoms with Crippen LogP contribution < -0.4 is 10.0 Å². The molecule has 0 amide bonds. The molecule has 0 radical (unpaired) electrons. The molecule has 0 saturated carbocycles. The van der Waals surface area contributed by atoms with Gasteiger partial charge < -0.3 is 9.64 Å². The molecule has 10 heteroatoms. The van der Waals surface area contributed by atoms with Crippen molar-refractivity contribution in [3.63, 3.8) is 0 Å². The van der Waals surface area contributed by atoms with Gasteiger partial charge in [-0.1, -0.05) is 0 Å². The second-order valence-electron chi connectivity index (χ2n) is 5.24. The predicted molar refractivity (Wildman–Crippen MR) is 81.4 cm³/mol. The fourth-order valence-corrected chi connectivity index (χ4v) is 3.15. The van der Waals surface area contributed by atoms with E-state index >= 15 is 0 Å². The summed E-state index contributed by atoms with van der Waals surface area (Å²) in [6.45, 7) is 0.880. The molecule has 0 bridgehead atoms. The van der Waals surface area contributed by atoms with Gasteiger partial charge in [-0.25, -0.2) is 13.6 Å². The van der Waals surface area contributed by atoms with Crippen molar-refractivity contribution < 1.29 is 22.9 Å². The highest BCUT2D eigenvalue weighted by Gasteiger charge is 2.29. The van der Waals surface area contributed by atoms with Crippen LogP contribution in [0.3, 0.4) is 0 Å². The summed E-state index contributed by atoms with van der Waals surface area (Å²) in [6, 6.07) is 3.57. The van der Waals surface area contributed by atoms with Gasteiger partial charge in [0.2, 0.25) is 10.0 Å². The summed E-state index contributed by atoms with van der Waals surface area (Å²) in [5.74, 6) is -0.511. The average molecular weight is 343 g/mol. The minimum Gasteiger partial charge on any atom is -0.469 e. The molecular weight excluding hydrogens is 326 g/mol. The van der Waals surface area contributed by atoms with E-state index in [1.807, 2.05) is 0 Å². The predicted octanol–water partition coefficient (Wildman–Crippen LogP) is 0.632. The number of primary sulfonamides is 1. The molecule has 1 aliphatic rings. The van der Waals surface area contributed by atoms with E-state index in [0.29, 0.717) is 31.6 Å². The summed E-state index contributed by atoms with van der Waals surface area (Å²) in [5.41, 5.74) is -0.0150. The Labute approximate surface area is 133 Å². The van der Waals surface area contributed by atoms with Crippen molar-refractivity contribution in [2.75, 3.05) is 25.1 Å². The molecule has 0 unspecified atom stereocenters. The number of rotatable bonds is 4. The number of hydrogen-bond donors (Lipinski definition) is 1. The molecule has 0 atom stereocenters. The van der Waals surface area contributed by atoms with Gasteiger partial charge in [-0.3, -0.25) is 14.9 Å². The van der Waals surface area contributed by atoms with Crippen molar-refractivity contribution >= 4 is 27.4 Å². The van der Waals surface area contributed by atoms with Gasteiger partial charge >= 0.3 is 5.97 Å². The molecular formula is C13H17N3O6S. The largest absolute Gasteiger partial charge is 0.469 e. The number of benzene rings is 1. The Kier molecular flexibility index (Phi) is 4.85. The number of carbonyl (C=O) groups is 1. The third-order valence-corrected chi connectivity index (χ3v) is 4.75. The Hall–Kier alpha value is -2.20. The highest BCUT2D eigenvalue weighted by molar-refractivity contribution is 7.89. The van der Waals surface area contributed by atoms with Gasteiger partial charge in [-0.05, 0) is 25.0 Å². The highest BCUT2D eigenvalue weighted by Crippen LogP contribution is 2.33. The SMILES string of the molecule is COC(=O)C1CCN(c2ccc(S(N)(=O)=O)cc2[N+](=O)[O-])CC1. The first-order valence-corrected chi connectivity index (χ1v) is 8.42. The molecule has 1 heterocycles. The Morgan fingerprint density at radius 3 is 2.48 bits per heavy atom. The first-order chi connectivity index (χ1) is 10.7. The van der Waals surface area contributed by atoms with E-state index in [0.717, 1.165) is 6.07 Å². The maximum Gasteiger partial charge on any atom is 0.308 e. The quantitative estimate of drug-likeness (QED) is 0.481. The number of anilines is 1. The number of sulfonamides is 1. The van der Waals surface area contributed by atoms with Crippen LogP contribution in [0.2, 0.25) is 0 Å². The molecule has 2 N–H and O–H groups in total. The van der Waals surface area contributed by atoms with Crippen molar-refractivity contribution in [2.24, 2.45) is 11.1 Å². The van der Waals surface area contributed by atoms with E-state index in [4.69, 9.17) is 9.88 Å². The number of carbonyl (C=O) groups excluding carboxylic acids is 1. The molecule has 9 nitrogen and oxygen atoms in total. The molecule has 1 aromatic rings. The number of esters is 1. The summed E-state index contributed by atoms with van der Waals surface area (Å²) < 4.78 is 27.4. The van der Waals surface area contributed by atoms with Gasteiger partial charge in [0.15, 0.2) is 0 Å². The van der Waals surface area contributed by atoms with E-state index in [1.54, 1.807) is 4.90 Å². The van der Waals surface area contributed by atoms with Crippen LogP contribution in [-0.4, -0.2) is 39.5 Å². The van der Waals surface area contributed by atoms with Gasteiger partial charge in [-0.2, -0.15) is 0 Å². The van der Waals surface area contributed by atoms with Gasteiger partial charge in [0, 0.05) is 19.2 Å². The van der Waals surface area contributed by atoms with Gasteiger partial charge in [0.05, 0.1) is 22.8 Å². The molecule has 0 aromatic heterocycles. The molecule has 1 fully saturated rings. The minimum absolute atomic E-state index is 0.223. The van der Waals surface area contributed by atoms with Crippen LogP contribution in [0.5, 0.6) is 0 Å². The Bertz CT molecular complexity index is 725. The van der Waals surface area contributed by atoms with Crippen molar-refractivity contribution in [3.8, 4) is 0 Å². The van der Waals surface area contributed by atoms with Crippen molar-refractivity contribution in [2.45, 2.75) is 17.7 Å². The first kappa shape index (κ1) is 17.2. The lowest BCUT2D eigenvalue weighted by Crippen LogP contribution is -2.37. The fraction of sp³-hybridized carbons (Fsp3) is 0.462. The van der Waals surface area contributed by atoms with Crippen LogP contribution in [0.15, 0.2) is 23.1 Å². The van der Waals surface area contributed by atoms with Crippen molar-refractivity contribution in [1.82, 2.24) is 0 Å². The second-order valence-corrected chi connectivity index (χ2v) is 6.80. The lowest BCUT2D eigenvalue weighted by molar-refractivity contribution is -0.384. The number of hydrogen-bond acceptors (Lipinski definition) is 7. The minimum atomic E-state index is -4.01. The van der Waals surface area contributed by atoms with Crippen LogP contribution in [-0.2, 0) is 19.6 Å². The summed E-state index contributed by atoms with van der Waals surface area (Å²) in [7, 11) is -2.69. The molecule has 23 heavy (non-hydrogen) atoms. The summed E-state index contributed by atoms with van der Waals surface area (Å²) in [6.07, 6.45) is 1.03. The monoisotopic (exact) mass is 343 g/mol. The molecule has 1 saturated heterocycles. The van der Waals surface area contributed by atoms with E-state index in [1.165, 1.54) is 19.2 Å². The zero-order chi connectivity index (χ0) is 17.2.